The van der Waals surface area contributed by atoms with E-state index >= 15 is 0 Å². The predicted molar refractivity (Wildman–Crippen MR) is 133 cm³/mol. The molecule has 0 aliphatic rings. The Morgan fingerprint density at radius 3 is 2.55 bits per heavy atom. The molecule has 0 radical (unpaired) electrons. The van der Waals surface area contributed by atoms with Crippen molar-refractivity contribution in [1.29, 1.82) is 0 Å². The first-order chi connectivity index (χ1) is 15.9. The number of benzene rings is 1. The van der Waals surface area contributed by atoms with E-state index in [9.17, 15) is 9.90 Å². The summed E-state index contributed by atoms with van der Waals surface area (Å²) in [5.41, 5.74) is 3.18. The molecule has 7 nitrogen and oxygen atoms in total. The van der Waals surface area contributed by atoms with E-state index in [4.69, 9.17) is 4.74 Å². The van der Waals surface area contributed by atoms with Crippen LogP contribution in [0.3, 0.4) is 0 Å². The average Bonchev–Trinajstić information content (AvgIpc) is 3.25. The molecule has 176 valence electrons. The van der Waals surface area contributed by atoms with Gasteiger partial charge in [-0.1, -0.05) is 49.0 Å². The van der Waals surface area contributed by atoms with E-state index in [-0.39, 0.29) is 0 Å². The minimum Gasteiger partial charge on any atom is -0.480 e. The Morgan fingerprint density at radius 2 is 1.88 bits per heavy atom. The van der Waals surface area contributed by atoms with Gasteiger partial charge in [-0.05, 0) is 31.4 Å². The van der Waals surface area contributed by atoms with Crippen molar-refractivity contribution in [3.63, 3.8) is 0 Å². The highest BCUT2D eigenvalue weighted by Gasteiger charge is 2.29. The SMILES string of the molecule is CCc1cnc(N(CCOCc2ccccc2)CCc2csc(SC(C)(C)C(=O)O)n2)nc1. The summed E-state index contributed by atoms with van der Waals surface area (Å²) in [6.45, 7) is 7.93. The highest BCUT2D eigenvalue weighted by atomic mass is 32.2. The van der Waals surface area contributed by atoms with E-state index in [1.807, 2.05) is 48.1 Å². The standard InChI is InChI=1S/C24H30N4O3S2/c1-4-18-14-25-22(26-15-18)28(12-13-31-16-19-8-6-5-7-9-19)11-10-20-17-32-23(27-20)33-24(2,3)21(29)30/h5-9,14-15,17H,4,10-13,16H2,1-3H3,(H,29,30). The summed E-state index contributed by atoms with van der Waals surface area (Å²) in [7, 11) is 0. The molecule has 0 aliphatic carbocycles. The number of aliphatic carboxylic acids is 1. The fourth-order valence-electron chi connectivity index (χ4n) is 2.91. The maximum atomic E-state index is 11.4. The zero-order valence-corrected chi connectivity index (χ0v) is 20.9. The van der Waals surface area contributed by atoms with Crippen LogP contribution in [0.15, 0.2) is 52.4 Å². The van der Waals surface area contributed by atoms with Crippen LogP contribution in [-0.2, 0) is 29.0 Å². The molecule has 2 heterocycles. The lowest BCUT2D eigenvalue weighted by atomic mass is 10.2. The second-order valence-corrected chi connectivity index (χ2v) is 10.8. The van der Waals surface area contributed by atoms with Gasteiger partial charge in [0.1, 0.15) is 4.75 Å². The molecule has 1 aromatic carbocycles. The van der Waals surface area contributed by atoms with Gasteiger partial charge in [0.05, 0.1) is 18.9 Å². The first kappa shape index (κ1) is 25.1. The summed E-state index contributed by atoms with van der Waals surface area (Å²) in [6.07, 6.45) is 5.34. The Labute approximate surface area is 203 Å². The third-order valence-electron chi connectivity index (χ3n) is 5.03. The number of hydrogen-bond donors (Lipinski definition) is 1. The van der Waals surface area contributed by atoms with E-state index in [0.717, 1.165) is 27.6 Å². The van der Waals surface area contributed by atoms with Crippen LogP contribution in [-0.4, -0.2) is 50.5 Å². The number of hydrogen-bond acceptors (Lipinski definition) is 8. The average molecular weight is 487 g/mol. The van der Waals surface area contributed by atoms with Crippen molar-refractivity contribution in [1.82, 2.24) is 15.0 Å². The smallest absolute Gasteiger partial charge is 0.319 e. The van der Waals surface area contributed by atoms with Crippen molar-refractivity contribution in [2.24, 2.45) is 0 Å². The molecule has 0 amide bonds. The molecule has 2 aromatic heterocycles. The van der Waals surface area contributed by atoms with Gasteiger partial charge in [-0.25, -0.2) is 15.0 Å². The summed E-state index contributed by atoms with van der Waals surface area (Å²) < 4.78 is 5.73. The molecule has 3 aromatic rings. The Balaban J connectivity index is 1.59. The number of carbonyl (C=O) groups is 1. The first-order valence-electron chi connectivity index (χ1n) is 10.9. The summed E-state index contributed by atoms with van der Waals surface area (Å²) in [5.74, 6) is -0.175. The quantitative estimate of drug-likeness (QED) is 0.274. The molecule has 0 spiro atoms. The molecule has 3 rings (SSSR count). The number of carboxylic acids is 1. The number of thiazole rings is 1. The molecular formula is C24H30N4O3S2. The molecule has 0 bridgehead atoms. The van der Waals surface area contributed by atoms with E-state index in [0.29, 0.717) is 38.7 Å². The van der Waals surface area contributed by atoms with Crippen LogP contribution in [0.5, 0.6) is 0 Å². The molecule has 0 saturated carbocycles. The normalized spacial score (nSPS) is 11.5. The van der Waals surface area contributed by atoms with Gasteiger partial charge in [0.15, 0.2) is 4.34 Å². The van der Waals surface area contributed by atoms with Gasteiger partial charge in [0.2, 0.25) is 5.95 Å². The van der Waals surface area contributed by atoms with Gasteiger partial charge in [0, 0.05) is 37.3 Å². The number of carboxylic acid groups (broad SMARTS) is 1. The lowest BCUT2D eigenvalue weighted by molar-refractivity contribution is -0.138. The van der Waals surface area contributed by atoms with Crippen molar-refractivity contribution in [3.05, 3.63) is 64.9 Å². The fraction of sp³-hybridized carbons (Fsp3) is 0.417. The van der Waals surface area contributed by atoms with Crippen molar-refractivity contribution in [2.75, 3.05) is 24.6 Å². The highest BCUT2D eigenvalue weighted by Crippen LogP contribution is 2.34. The van der Waals surface area contributed by atoms with E-state index in [2.05, 4.69) is 26.8 Å². The third-order valence-corrected chi connectivity index (χ3v) is 7.20. The van der Waals surface area contributed by atoms with Crippen LogP contribution in [0.1, 0.15) is 37.6 Å². The molecule has 0 atom stereocenters. The van der Waals surface area contributed by atoms with E-state index in [1.165, 1.54) is 23.1 Å². The van der Waals surface area contributed by atoms with Crippen molar-refractivity contribution in [2.45, 2.75) is 49.3 Å². The number of aryl methyl sites for hydroxylation is 1. The lowest BCUT2D eigenvalue weighted by Crippen LogP contribution is -2.31. The minimum atomic E-state index is -0.911. The summed E-state index contributed by atoms with van der Waals surface area (Å²) in [6, 6.07) is 10.1. The molecule has 9 heteroatoms. The van der Waals surface area contributed by atoms with Gasteiger partial charge in [-0.15, -0.1) is 11.3 Å². The topological polar surface area (TPSA) is 88.4 Å². The number of anilines is 1. The van der Waals surface area contributed by atoms with Crippen LogP contribution in [0.4, 0.5) is 5.95 Å². The first-order valence-corrected chi connectivity index (χ1v) is 12.6. The van der Waals surface area contributed by atoms with Gasteiger partial charge in [-0.3, -0.25) is 4.79 Å². The van der Waals surface area contributed by atoms with Crippen LogP contribution < -0.4 is 4.90 Å². The zero-order valence-electron chi connectivity index (χ0n) is 19.2. The van der Waals surface area contributed by atoms with Crippen molar-refractivity contribution >= 4 is 35.0 Å². The second-order valence-electron chi connectivity index (χ2n) is 8.04. The van der Waals surface area contributed by atoms with E-state index < -0.39 is 10.7 Å². The number of nitrogens with zero attached hydrogens (tertiary/aromatic N) is 4. The molecular weight excluding hydrogens is 456 g/mol. The summed E-state index contributed by atoms with van der Waals surface area (Å²) in [4.78, 5) is 27.2. The van der Waals surface area contributed by atoms with Crippen molar-refractivity contribution in [3.8, 4) is 0 Å². The van der Waals surface area contributed by atoms with Crippen LogP contribution in [0.2, 0.25) is 0 Å². The molecule has 0 fully saturated rings. The molecule has 0 saturated heterocycles. The maximum Gasteiger partial charge on any atom is 0.319 e. The Morgan fingerprint density at radius 1 is 1.15 bits per heavy atom. The molecule has 1 N–H and O–H groups in total. The Kier molecular flexibility index (Phi) is 9.22. The van der Waals surface area contributed by atoms with Gasteiger partial charge >= 0.3 is 5.97 Å². The van der Waals surface area contributed by atoms with Crippen LogP contribution in [0, 0.1) is 0 Å². The maximum absolute atomic E-state index is 11.4. The predicted octanol–water partition coefficient (Wildman–Crippen LogP) is 4.72. The monoisotopic (exact) mass is 486 g/mol. The molecule has 0 aliphatic heterocycles. The largest absolute Gasteiger partial charge is 0.480 e. The lowest BCUT2D eigenvalue weighted by Gasteiger charge is -2.22. The van der Waals surface area contributed by atoms with Gasteiger partial charge in [0.25, 0.3) is 0 Å². The van der Waals surface area contributed by atoms with Gasteiger partial charge in [-0.2, -0.15) is 0 Å². The number of rotatable bonds is 13. The number of aromatic nitrogens is 3. The Hall–Kier alpha value is -2.49. The molecule has 33 heavy (non-hydrogen) atoms. The minimum absolute atomic E-state index is 0.554. The van der Waals surface area contributed by atoms with Crippen LogP contribution >= 0.6 is 23.1 Å². The van der Waals surface area contributed by atoms with Crippen molar-refractivity contribution < 1.29 is 14.6 Å². The number of thioether (sulfide) groups is 1. The summed E-state index contributed by atoms with van der Waals surface area (Å²) >= 11 is 2.75. The van der Waals surface area contributed by atoms with E-state index in [1.54, 1.807) is 13.8 Å². The Bertz CT molecular complexity index is 1010. The highest BCUT2D eigenvalue weighted by molar-refractivity contribution is 8.02. The second kappa shape index (κ2) is 12.1. The molecule has 0 unspecified atom stereocenters. The summed E-state index contributed by atoms with van der Waals surface area (Å²) in [5, 5.41) is 11.3. The number of ether oxygens (including phenoxy) is 1. The van der Waals surface area contributed by atoms with Gasteiger partial charge < -0.3 is 14.7 Å². The fourth-order valence-corrected chi connectivity index (χ4v) is 5.13. The third kappa shape index (κ3) is 7.80. The zero-order chi connectivity index (χ0) is 23.7. The van der Waals surface area contributed by atoms with Crippen LogP contribution in [0.25, 0.3) is 0 Å².